The van der Waals surface area contributed by atoms with Crippen LogP contribution in [0.1, 0.15) is 33.6 Å². The maximum absolute atomic E-state index is 13.3. The van der Waals surface area contributed by atoms with Gasteiger partial charge in [0.2, 0.25) is 11.9 Å². The molecule has 2 N–H and O–H groups in total. The average Bonchev–Trinajstić information content (AvgIpc) is 3.57. The minimum Gasteiger partial charge on any atom is -0.493 e. The second-order valence-electron chi connectivity index (χ2n) is 10.5. The molecule has 1 fully saturated rings. The number of anilines is 1. The summed E-state index contributed by atoms with van der Waals surface area (Å²) in [5, 5.41) is 5.87. The minimum atomic E-state index is -0.448. The zero-order valence-electron chi connectivity index (χ0n) is 23.2. The molecule has 0 aliphatic carbocycles. The molecule has 2 heterocycles. The topological polar surface area (TPSA) is 107 Å². The van der Waals surface area contributed by atoms with E-state index in [1.807, 2.05) is 69.4 Å². The van der Waals surface area contributed by atoms with Crippen molar-refractivity contribution in [2.75, 3.05) is 39.2 Å². The van der Waals surface area contributed by atoms with E-state index in [1.54, 1.807) is 24.9 Å². The normalized spacial score (nSPS) is 15.1. The van der Waals surface area contributed by atoms with E-state index in [2.05, 4.69) is 10.6 Å². The lowest BCUT2D eigenvalue weighted by molar-refractivity contribution is -0.117. The van der Waals surface area contributed by atoms with Crippen LogP contribution < -0.4 is 20.1 Å². The molecule has 0 radical (unpaired) electrons. The molecule has 4 rings (SSSR count). The van der Waals surface area contributed by atoms with E-state index in [1.165, 1.54) is 4.90 Å². The predicted octanol–water partition coefficient (Wildman–Crippen LogP) is 4.48. The highest BCUT2D eigenvalue weighted by Gasteiger charge is 2.27. The summed E-state index contributed by atoms with van der Waals surface area (Å²) >= 11 is 0. The average molecular weight is 536 g/mol. The maximum atomic E-state index is 13.3. The van der Waals surface area contributed by atoms with E-state index in [-0.39, 0.29) is 24.6 Å². The summed E-state index contributed by atoms with van der Waals surface area (Å²) in [4.78, 5) is 32.6. The minimum absolute atomic E-state index is 0.0954. The Hall–Kier alpha value is -4.05. The van der Waals surface area contributed by atoms with Gasteiger partial charge in [-0.05, 0) is 45.7 Å². The molecule has 10 nitrogen and oxygen atoms in total. The Bertz CT molecular complexity index is 1280. The number of hydrogen-bond donors (Lipinski definition) is 2. The van der Waals surface area contributed by atoms with Gasteiger partial charge in [-0.25, -0.2) is 9.78 Å². The lowest BCUT2D eigenvalue weighted by atomic mass is 10.1. The number of amides is 3. The molecule has 1 unspecified atom stereocenters. The smallest absolute Gasteiger partial charge is 0.318 e. The van der Waals surface area contributed by atoms with Crippen molar-refractivity contribution < 1.29 is 23.8 Å². The fourth-order valence-corrected chi connectivity index (χ4v) is 4.38. The standard InChI is InChI=1S/C29H37N5O5/c1-29(2,3)32-28(36)33(17-22-12-9-15-39-22)19-26(35)31-27-30-23(20-10-7-6-8-11-20)18-34(27)21-13-14-24(37-4)25(16-21)38-5/h6-8,10-11,13-14,16,18,22H,9,12,15,17,19H2,1-5H3,(H,32,36)(H,30,31,35). The number of benzene rings is 2. The van der Waals surface area contributed by atoms with Gasteiger partial charge in [-0.1, -0.05) is 30.3 Å². The second-order valence-corrected chi connectivity index (χ2v) is 10.5. The number of ether oxygens (including phenoxy) is 3. The third-order valence-corrected chi connectivity index (χ3v) is 6.22. The van der Waals surface area contributed by atoms with Gasteiger partial charge in [-0.15, -0.1) is 0 Å². The fraction of sp³-hybridized carbons (Fsp3) is 0.414. The van der Waals surface area contributed by atoms with Gasteiger partial charge >= 0.3 is 6.03 Å². The van der Waals surface area contributed by atoms with Crippen molar-refractivity contribution in [1.29, 1.82) is 0 Å². The van der Waals surface area contributed by atoms with Gasteiger partial charge in [-0.3, -0.25) is 14.7 Å². The Labute approximate surface area is 229 Å². The highest BCUT2D eigenvalue weighted by atomic mass is 16.5. The van der Waals surface area contributed by atoms with Crippen LogP contribution in [0, 0.1) is 0 Å². The Morgan fingerprint density at radius 1 is 1.10 bits per heavy atom. The Morgan fingerprint density at radius 3 is 2.49 bits per heavy atom. The molecule has 0 spiro atoms. The number of imidazole rings is 1. The summed E-state index contributed by atoms with van der Waals surface area (Å²) in [7, 11) is 3.14. The number of nitrogens with one attached hydrogen (secondary N) is 2. The quantitative estimate of drug-likeness (QED) is 0.418. The first kappa shape index (κ1) is 28.0. The van der Waals surface area contributed by atoms with Crippen LogP contribution in [0.2, 0.25) is 0 Å². The Kier molecular flexibility index (Phi) is 8.75. The predicted molar refractivity (Wildman–Crippen MR) is 150 cm³/mol. The summed E-state index contributed by atoms with van der Waals surface area (Å²) in [5.41, 5.74) is 1.86. The summed E-state index contributed by atoms with van der Waals surface area (Å²) in [6.45, 7) is 6.55. The van der Waals surface area contributed by atoms with Crippen LogP contribution in [0.25, 0.3) is 16.9 Å². The number of rotatable bonds is 9. The van der Waals surface area contributed by atoms with Gasteiger partial charge in [0, 0.05) is 36.5 Å². The van der Waals surface area contributed by atoms with Crippen molar-refractivity contribution in [3.63, 3.8) is 0 Å². The van der Waals surface area contributed by atoms with Gasteiger partial charge in [0.05, 0.1) is 31.7 Å². The first-order valence-electron chi connectivity index (χ1n) is 13.0. The second kappa shape index (κ2) is 12.2. The molecule has 1 aliphatic heterocycles. The van der Waals surface area contributed by atoms with Crippen LogP contribution in [-0.4, -0.2) is 71.9 Å². The van der Waals surface area contributed by atoms with Crippen LogP contribution in [0.15, 0.2) is 54.7 Å². The summed E-state index contributed by atoms with van der Waals surface area (Å²) < 4.78 is 18.4. The number of carbonyl (C=O) groups is 2. The zero-order chi connectivity index (χ0) is 28.0. The van der Waals surface area contributed by atoms with Gasteiger partial charge in [0.15, 0.2) is 11.5 Å². The zero-order valence-corrected chi connectivity index (χ0v) is 23.2. The lowest BCUT2D eigenvalue weighted by Crippen LogP contribution is -2.52. The Morgan fingerprint density at radius 2 is 1.85 bits per heavy atom. The molecule has 39 heavy (non-hydrogen) atoms. The van der Waals surface area contributed by atoms with E-state index < -0.39 is 5.54 Å². The molecule has 208 valence electrons. The number of aromatic nitrogens is 2. The maximum Gasteiger partial charge on any atom is 0.318 e. The van der Waals surface area contributed by atoms with Gasteiger partial charge < -0.3 is 24.4 Å². The molecule has 2 aromatic carbocycles. The van der Waals surface area contributed by atoms with Crippen molar-refractivity contribution in [1.82, 2.24) is 19.8 Å². The Balaban J connectivity index is 1.62. The van der Waals surface area contributed by atoms with Crippen molar-refractivity contribution in [2.45, 2.75) is 45.3 Å². The molecule has 10 heteroatoms. The summed E-state index contributed by atoms with van der Waals surface area (Å²) in [5.74, 6) is 1.08. The van der Waals surface area contributed by atoms with E-state index in [0.29, 0.717) is 36.3 Å². The van der Waals surface area contributed by atoms with Gasteiger partial charge in [-0.2, -0.15) is 0 Å². The number of methoxy groups -OCH3 is 2. The van der Waals surface area contributed by atoms with Crippen molar-refractivity contribution >= 4 is 17.9 Å². The molecule has 1 aromatic heterocycles. The highest BCUT2D eigenvalue weighted by Crippen LogP contribution is 2.31. The molecule has 0 bridgehead atoms. The van der Waals surface area contributed by atoms with Crippen molar-refractivity contribution in [2.24, 2.45) is 0 Å². The van der Waals surface area contributed by atoms with Crippen molar-refractivity contribution in [3.05, 3.63) is 54.7 Å². The summed E-state index contributed by atoms with van der Waals surface area (Å²) in [6, 6.07) is 14.8. The van der Waals surface area contributed by atoms with Gasteiger partial charge in [0.25, 0.3) is 0 Å². The van der Waals surface area contributed by atoms with Crippen LogP contribution in [0.5, 0.6) is 11.5 Å². The molecular weight excluding hydrogens is 498 g/mol. The number of urea groups is 1. The molecule has 1 atom stereocenters. The van der Waals surface area contributed by atoms with Gasteiger partial charge in [0.1, 0.15) is 6.54 Å². The molecule has 3 aromatic rings. The van der Waals surface area contributed by atoms with Crippen molar-refractivity contribution in [3.8, 4) is 28.4 Å². The van der Waals surface area contributed by atoms with Crippen LogP contribution in [0.3, 0.4) is 0 Å². The van der Waals surface area contributed by atoms with E-state index in [9.17, 15) is 9.59 Å². The van der Waals surface area contributed by atoms with Crippen LogP contribution in [0.4, 0.5) is 10.7 Å². The largest absolute Gasteiger partial charge is 0.493 e. The third-order valence-electron chi connectivity index (χ3n) is 6.22. The lowest BCUT2D eigenvalue weighted by Gasteiger charge is -2.29. The molecule has 0 saturated carbocycles. The van der Waals surface area contributed by atoms with Crippen LogP contribution in [-0.2, 0) is 9.53 Å². The fourth-order valence-electron chi connectivity index (χ4n) is 4.38. The number of hydrogen-bond acceptors (Lipinski definition) is 6. The third kappa shape index (κ3) is 7.29. The van der Waals surface area contributed by atoms with Crippen LogP contribution >= 0.6 is 0 Å². The SMILES string of the molecule is COc1ccc(-n2cc(-c3ccccc3)nc2NC(=O)CN(CC2CCCO2)C(=O)NC(C)(C)C)cc1OC. The number of nitrogens with zero attached hydrogens (tertiary/aromatic N) is 3. The first-order chi connectivity index (χ1) is 18.7. The molecule has 1 saturated heterocycles. The molecule has 3 amide bonds. The number of carbonyl (C=O) groups excluding carboxylic acids is 2. The van der Waals surface area contributed by atoms with E-state index >= 15 is 0 Å². The molecular formula is C29H37N5O5. The highest BCUT2D eigenvalue weighted by molar-refractivity contribution is 5.93. The first-order valence-corrected chi connectivity index (χ1v) is 13.0. The van der Waals surface area contributed by atoms with E-state index in [4.69, 9.17) is 19.2 Å². The monoisotopic (exact) mass is 535 g/mol. The summed E-state index contributed by atoms with van der Waals surface area (Å²) in [6.07, 6.45) is 3.55. The molecule has 1 aliphatic rings. The van der Waals surface area contributed by atoms with E-state index in [0.717, 1.165) is 24.1 Å².